The summed E-state index contributed by atoms with van der Waals surface area (Å²) in [4.78, 5) is 52.9. The average molecular weight is 558 g/mol. The Bertz CT molecular complexity index is 1730. The Hall–Kier alpha value is -5.70. The molecule has 9 heteroatoms. The van der Waals surface area contributed by atoms with E-state index in [1.807, 2.05) is 67.6 Å². The Balaban J connectivity index is 1.42. The second-order valence-corrected chi connectivity index (χ2v) is 9.97. The predicted molar refractivity (Wildman–Crippen MR) is 162 cm³/mol. The Kier molecular flexibility index (Phi) is 6.98. The van der Waals surface area contributed by atoms with E-state index in [9.17, 15) is 19.2 Å². The predicted octanol–water partition coefficient (Wildman–Crippen LogP) is 5.17. The van der Waals surface area contributed by atoms with E-state index in [0.29, 0.717) is 45.0 Å². The normalized spacial score (nSPS) is 15.9. The van der Waals surface area contributed by atoms with Crippen LogP contribution in [-0.4, -0.2) is 30.3 Å². The van der Waals surface area contributed by atoms with Crippen molar-refractivity contribution in [2.75, 3.05) is 22.1 Å². The Labute approximate surface area is 242 Å². The average Bonchev–Trinajstić information content (AvgIpc) is 3.53. The number of fused-ring (bicyclic) bond motifs is 1. The molecule has 4 N–H and O–H groups in total. The molecule has 6 rings (SSSR count). The molecule has 0 saturated carbocycles. The van der Waals surface area contributed by atoms with Crippen molar-refractivity contribution in [2.24, 2.45) is 0 Å². The number of imide groups is 1. The maximum Gasteiger partial charge on any atom is 0.329 e. The minimum Gasteiger partial charge on any atom is -0.353 e. The molecule has 0 aliphatic carbocycles. The molecule has 5 amide bonds. The van der Waals surface area contributed by atoms with Crippen molar-refractivity contribution < 1.29 is 19.2 Å². The number of carbonyl (C=O) groups excluding carboxylic acids is 4. The SMILES string of the molecule is C[C@@H](NC(=O)c1ccc2c(c1)C(=C(Nc1ccccc1N1C(=O)CNC1=O)c1ccccc1)C(=O)N2)c1ccccc1. The van der Waals surface area contributed by atoms with Gasteiger partial charge in [0.2, 0.25) is 0 Å². The fraction of sp³-hybridized carbons (Fsp3) is 0.0909. The molecule has 42 heavy (non-hydrogen) atoms. The summed E-state index contributed by atoms with van der Waals surface area (Å²) in [5, 5.41) is 11.8. The van der Waals surface area contributed by atoms with E-state index < -0.39 is 6.03 Å². The highest BCUT2D eigenvalue weighted by Gasteiger charge is 2.33. The molecule has 9 nitrogen and oxygen atoms in total. The van der Waals surface area contributed by atoms with Crippen LogP contribution in [0.15, 0.2) is 103 Å². The Morgan fingerprint density at radius 3 is 2.24 bits per heavy atom. The first-order chi connectivity index (χ1) is 20.4. The van der Waals surface area contributed by atoms with Gasteiger partial charge in [0.1, 0.15) is 0 Å². The van der Waals surface area contributed by atoms with Crippen LogP contribution in [-0.2, 0) is 9.59 Å². The largest absolute Gasteiger partial charge is 0.353 e. The molecule has 2 heterocycles. The van der Waals surface area contributed by atoms with Crippen LogP contribution in [0.5, 0.6) is 0 Å². The van der Waals surface area contributed by atoms with Crippen molar-refractivity contribution in [2.45, 2.75) is 13.0 Å². The van der Waals surface area contributed by atoms with Gasteiger partial charge in [0.15, 0.2) is 0 Å². The summed E-state index contributed by atoms with van der Waals surface area (Å²) in [6.07, 6.45) is 0. The van der Waals surface area contributed by atoms with Crippen molar-refractivity contribution >= 4 is 52.1 Å². The van der Waals surface area contributed by atoms with Gasteiger partial charge in [-0.25, -0.2) is 9.69 Å². The smallest absolute Gasteiger partial charge is 0.329 e. The molecule has 2 aliphatic heterocycles. The van der Waals surface area contributed by atoms with Crippen LogP contribution in [0.4, 0.5) is 21.9 Å². The number of nitrogens with one attached hydrogen (secondary N) is 4. The summed E-state index contributed by atoms with van der Waals surface area (Å²) < 4.78 is 0. The lowest BCUT2D eigenvalue weighted by atomic mass is 9.98. The van der Waals surface area contributed by atoms with E-state index in [2.05, 4.69) is 21.3 Å². The van der Waals surface area contributed by atoms with Crippen molar-refractivity contribution in [1.82, 2.24) is 10.6 Å². The molecule has 0 bridgehead atoms. The molecule has 4 aromatic carbocycles. The minimum atomic E-state index is -0.521. The first-order valence-corrected chi connectivity index (χ1v) is 13.5. The third kappa shape index (κ3) is 4.99. The van der Waals surface area contributed by atoms with E-state index in [1.165, 1.54) is 0 Å². The van der Waals surface area contributed by atoms with Gasteiger partial charge in [-0.3, -0.25) is 14.4 Å². The molecule has 2 aliphatic rings. The summed E-state index contributed by atoms with van der Waals surface area (Å²) >= 11 is 0. The van der Waals surface area contributed by atoms with Crippen LogP contribution in [0, 0.1) is 0 Å². The lowest BCUT2D eigenvalue weighted by Gasteiger charge is -2.21. The third-order valence-electron chi connectivity index (χ3n) is 7.23. The van der Waals surface area contributed by atoms with Crippen molar-refractivity contribution in [3.63, 3.8) is 0 Å². The van der Waals surface area contributed by atoms with Crippen LogP contribution < -0.4 is 26.2 Å². The standard InChI is InChI=1S/C33H27N5O4/c1-20(21-10-4-2-5-11-21)35-31(40)23-16-17-25-24(18-23)29(32(41)37-25)30(22-12-6-3-7-13-22)36-26-14-8-9-15-27(26)38-28(39)19-34-33(38)42/h2-18,20,36H,19H2,1H3,(H,34,42)(H,35,40)(H,37,41)/t20-/m1/s1. The van der Waals surface area contributed by atoms with Crippen LogP contribution in [0.3, 0.4) is 0 Å². The van der Waals surface area contributed by atoms with Gasteiger partial charge in [0, 0.05) is 16.8 Å². The summed E-state index contributed by atoms with van der Waals surface area (Å²) in [7, 11) is 0. The van der Waals surface area contributed by atoms with E-state index in [-0.39, 0.29) is 30.3 Å². The Morgan fingerprint density at radius 2 is 1.52 bits per heavy atom. The maximum absolute atomic E-state index is 13.5. The van der Waals surface area contributed by atoms with Gasteiger partial charge in [0.25, 0.3) is 17.7 Å². The fourth-order valence-corrected chi connectivity index (χ4v) is 5.12. The number of amides is 5. The minimum absolute atomic E-state index is 0.0939. The quantitative estimate of drug-likeness (QED) is 0.185. The number of urea groups is 1. The molecule has 0 unspecified atom stereocenters. The van der Waals surface area contributed by atoms with E-state index >= 15 is 0 Å². The van der Waals surface area contributed by atoms with Crippen LogP contribution in [0.25, 0.3) is 11.3 Å². The van der Waals surface area contributed by atoms with Crippen LogP contribution in [0.1, 0.15) is 40.0 Å². The lowest BCUT2D eigenvalue weighted by Crippen LogP contribution is -2.31. The second kappa shape index (κ2) is 11.1. The molecule has 1 saturated heterocycles. The van der Waals surface area contributed by atoms with Crippen molar-refractivity contribution in [3.8, 4) is 0 Å². The number of nitrogens with zero attached hydrogens (tertiary/aromatic N) is 1. The highest BCUT2D eigenvalue weighted by molar-refractivity contribution is 6.38. The fourth-order valence-electron chi connectivity index (χ4n) is 5.12. The Morgan fingerprint density at radius 1 is 0.833 bits per heavy atom. The number of carbonyl (C=O) groups is 4. The molecular weight excluding hydrogens is 530 g/mol. The van der Waals surface area contributed by atoms with Gasteiger partial charge in [-0.05, 0) is 48.4 Å². The monoisotopic (exact) mass is 557 g/mol. The van der Waals surface area contributed by atoms with Gasteiger partial charge in [-0.1, -0.05) is 72.8 Å². The zero-order valence-electron chi connectivity index (χ0n) is 22.7. The second-order valence-electron chi connectivity index (χ2n) is 9.97. The molecule has 0 radical (unpaired) electrons. The van der Waals surface area contributed by atoms with Crippen molar-refractivity contribution in [1.29, 1.82) is 0 Å². The zero-order valence-corrected chi connectivity index (χ0v) is 22.7. The molecule has 4 aromatic rings. The number of hydrogen-bond acceptors (Lipinski definition) is 5. The van der Waals surface area contributed by atoms with E-state index in [4.69, 9.17) is 0 Å². The third-order valence-corrected chi connectivity index (χ3v) is 7.23. The van der Waals surface area contributed by atoms with Gasteiger partial charge in [-0.15, -0.1) is 0 Å². The van der Waals surface area contributed by atoms with Gasteiger partial charge in [-0.2, -0.15) is 0 Å². The highest BCUT2D eigenvalue weighted by Crippen LogP contribution is 2.39. The molecule has 0 spiro atoms. The lowest BCUT2D eigenvalue weighted by molar-refractivity contribution is -0.116. The maximum atomic E-state index is 13.5. The van der Waals surface area contributed by atoms with Crippen LogP contribution >= 0.6 is 0 Å². The summed E-state index contributed by atoms with van der Waals surface area (Å²) in [6.45, 7) is 1.82. The molecule has 1 atom stereocenters. The highest BCUT2D eigenvalue weighted by atomic mass is 16.2. The number of rotatable bonds is 7. The number of benzene rings is 4. The number of para-hydroxylation sites is 2. The van der Waals surface area contributed by atoms with Crippen LogP contribution in [0.2, 0.25) is 0 Å². The zero-order chi connectivity index (χ0) is 29.2. The first kappa shape index (κ1) is 26.5. The van der Waals surface area contributed by atoms with Gasteiger partial charge in [0.05, 0.1) is 35.2 Å². The number of hydrogen-bond donors (Lipinski definition) is 4. The summed E-state index contributed by atoms with van der Waals surface area (Å²) in [5.74, 6) is -1.00. The van der Waals surface area contributed by atoms with Gasteiger partial charge < -0.3 is 21.3 Å². The summed E-state index contributed by atoms with van der Waals surface area (Å²) in [5.41, 5.74) is 4.81. The molecule has 208 valence electrons. The first-order valence-electron chi connectivity index (χ1n) is 13.5. The number of anilines is 3. The van der Waals surface area contributed by atoms with Crippen molar-refractivity contribution in [3.05, 3.63) is 125 Å². The van der Waals surface area contributed by atoms with E-state index in [1.54, 1.807) is 42.5 Å². The van der Waals surface area contributed by atoms with Gasteiger partial charge >= 0.3 is 6.03 Å². The topological polar surface area (TPSA) is 120 Å². The molecule has 0 aromatic heterocycles. The molecule has 1 fully saturated rings. The molecular formula is C33H27N5O4. The summed E-state index contributed by atoms with van der Waals surface area (Å²) in [6, 6.07) is 30.2. The van der Waals surface area contributed by atoms with E-state index in [0.717, 1.165) is 10.5 Å².